The van der Waals surface area contributed by atoms with Crippen molar-refractivity contribution in [3.8, 4) is 0 Å². The van der Waals surface area contributed by atoms with Crippen LogP contribution in [-0.4, -0.2) is 49.5 Å². The van der Waals surface area contributed by atoms with E-state index in [1.54, 1.807) is 6.07 Å². The number of hydrogen-bond acceptors (Lipinski definition) is 6. The number of alkyl carbamates (subject to hydrolysis) is 1. The van der Waals surface area contributed by atoms with Crippen molar-refractivity contribution in [2.24, 2.45) is 0 Å². The highest BCUT2D eigenvalue weighted by Crippen LogP contribution is 2.24. The first kappa shape index (κ1) is 24.6. The molecule has 2 aromatic carbocycles. The Hall–Kier alpha value is -3.06. The van der Waals surface area contributed by atoms with Gasteiger partial charge in [-0.1, -0.05) is 36.4 Å². The van der Waals surface area contributed by atoms with E-state index in [4.69, 9.17) is 14.2 Å². The summed E-state index contributed by atoms with van der Waals surface area (Å²) in [7, 11) is 0. The summed E-state index contributed by atoms with van der Waals surface area (Å²) in [6.07, 6.45) is 0.0500. The highest BCUT2D eigenvalue weighted by Gasteiger charge is 2.32. The van der Waals surface area contributed by atoms with Crippen LogP contribution in [0.3, 0.4) is 0 Å². The number of amides is 1. The first-order valence-electron chi connectivity index (χ1n) is 11.4. The smallest absolute Gasteiger partial charge is 0.407 e. The van der Waals surface area contributed by atoms with Gasteiger partial charge >= 0.3 is 12.1 Å². The quantitative estimate of drug-likeness (QED) is 0.619. The summed E-state index contributed by atoms with van der Waals surface area (Å²) < 4.78 is 16.8. The Bertz CT molecular complexity index is 926. The second-order valence-electron chi connectivity index (χ2n) is 9.09. The number of nitrogens with zero attached hydrogens (tertiary/aromatic N) is 1. The first-order valence-corrected chi connectivity index (χ1v) is 11.4. The van der Waals surface area contributed by atoms with E-state index >= 15 is 0 Å². The molecule has 3 rings (SSSR count). The Kier molecular flexibility index (Phi) is 8.33. The van der Waals surface area contributed by atoms with Crippen LogP contribution in [0.4, 0.5) is 10.5 Å². The molecular formula is C26H34N2O5. The van der Waals surface area contributed by atoms with E-state index in [1.807, 2.05) is 76.2 Å². The van der Waals surface area contributed by atoms with Crippen molar-refractivity contribution < 1.29 is 23.8 Å². The molecule has 0 spiro atoms. The van der Waals surface area contributed by atoms with Crippen LogP contribution in [-0.2, 0) is 20.8 Å². The van der Waals surface area contributed by atoms with Gasteiger partial charge in [0.2, 0.25) is 0 Å². The number of carbonyl (C=O) groups is 2. The molecular weight excluding hydrogens is 420 g/mol. The minimum absolute atomic E-state index is 0.154. The molecule has 33 heavy (non-hydrogen) atoms. The van der Waals surface area contributed by atoms with Crippen LogP contribution in [0.25, 0.3) is 0 Å². The molecule has 0 saturated carbocycles. The van der Waals surface area contributed by atoms with Gasteiger partial charge in [-0.15, -0.1) is 0 Å². The number of ether oxygens (including phenoxy) is 3. The molecule has 178 valence electrons. The third kappa shape index (κ3) is 7.49. The number of esters is 1. The van der Waals surface area contributed by atoms with Crippen molar-refractivity contribution >= 4 is 17.7 Å². The topological polar surface area (TPSA) is 77.1 Å². The minimum atomic E-state index is -0.549. The van der Waals surface area contributed by atoms with Crippen LogP contribution in [0, 0.1) is 0 Å². The molecule has 7 nitrogen and oxygen atoms in total. The van der Waals surface area contributed by atoms with E-state index in [9.17, 15) is 9.59 Å². The fourth-order valence-electron chi connectivity index (χ4n) is 3.78. The summed E-state index contributed by atoms with van der Waals surface area (Å²) in [6.45, 7) is 9.56. The number of piperidine rings is 1. The highest BCUT2D eigenvalue weighted by molar-refractivity contribution is 5.90. The Labute approximate surface area is 196 Å². The maximum Gasteiger partial charge on any atom is 0.407 e. The molecule has 1 aliphatic heterocycles. The van der Waals surface area contributed by atoms with Gasteiger partial charge in [0.15, 0.2) is 0 Å². The maximum absolute atomic E-state index is 12.5. The van der Waals surface area contributed by atoms with Crippen LogP contribution in [0.5, 0.6) is 0 Å². The Morgan fingerprint density at radius 2 is 1.85 bits per heavy atom. The number of benzene rings is 2. The molecule has 1 N–H and O–H groups in total. The normalized spacial score (nSPS) is 18.5. The van der Waals surface area contributed by atoms with Gasteiger partial charge in [0.25, 0.3) is 0 Å². The summed E-state index contributed by atoms with van der Waals surface area (Å²) in [5, 5.41) is 2.96. The van der Waals surface area contributed by atoms with Crippen LogP contribution >= 0.6 is 0 Å². The lowest BCUT2D eigenvalue weighted by Crippen LogP contribution is -2.55. The van der Waals surface area contributed by atoms with E-state index < -0.39 is 11.7 Å². The molecule has 1 fully saturated rings. The SMILES string of the molecule is CCO[C@H]1CN(c2cccc(C(=O)OC(C)(C)C)c2)CC[C@H]1NC(=O)OCc1ccccc1. The summed E-state index contributed by atoms with van der Waals surface area (Å²) in [5.74, 6) is -0.344. The zero-order chi connectivity index (χ0) is 23.8. The third-order valence-electron chi connectivity index (χ3n) is 5.30. The summed E-state index contributed by atoms with van der Waals surface area (Å²) in [6, 6.07) is 16.9. The van der Waals surface area contributed by atoms with Gasteiger partial charge in [-0.3, -0.25) is 0 Å². The fraction of sp³-hybridized carbons (Fsp3) is 0.462. The molecule has 1 saturated heterocycles. The molecule has 0 aliphatic carbocycles. The van der Waals surface area contributed by atoms with Gasteiger partial charge in [-0.25, -0.2) is 9.59 Å². The van der Waals surface area contributed by atoms with Crippen LogP contribution in [0.1, 0.15) is 50.0 Å². The van der Waals surface area contributed by atoms with Crippen molar-refractivity contribution in [3.05, 3.63) is 65.7 Å². The molecule has 1 aliphatic rings. The number of rotatable bonds is 7. The standard InChI is InChI=1S/C26H34N2O5/c1-5-31-23-17-28(21-13-9-12-20(16-21)24(29)33-26(2,3)4)15-14-22(23)27-25(30)32-18-19-10-7-6-8-11-19/h6-13,16,22-23H,5,14-15,17-18H2,1-4H3,(H,27,30)/t22-,23+/m1/s1. The first-order chi connectivity index (χ1) is 15.7. The Morgan fingerprint density at radius 1 is 1.09 bits per heavy atom. The van der Waals surface area contributed by atoms with Crippen molar-refractivity contribution in [1.82, 2.24) is 5.32 Å². The van der Waals surface area contributed by atoms with Crippen LogP contribution < -0.4 is 10.2 Å². The molecule has 0 aromatic heterocycles. The van der Waals surface area contributed by atoms with E-state index in [2.05, 4.69) is 10.2 Å². The van der Waals surface area contributed by atoms with Crippen molar-refractivity contribution in [2.45, 2.75) is 58.5 Å². The molecule has 7 heteroatoms. The fourth-order valence-corrected chi connectivity index (χ4v) is 3.78. The largest absolute Gasteiger partial charge is 0.456 e. The molecule has 2 aromatic rings. The molecule has 1 amide bonds. The van der Waals surface area contributed by atoms with Crippen molar-refractivity contribution in [1.29, 1.82) is 0 Å². The van der Waals surface area contributed by atoms with Crippen LogP contribution in [0.15, 0.2) is 54.6 Å². The highest BCUT2D eigenvalue weighted by atomic mass is 16.6. The lowest BCUT2D eigenvalue weighted by atomic mass is 10.0. The zero-order valence-corrected chi connectivity index (χ0v) is 19.9. The predicted molar refractivity (Wildman–Crippen MR) is 127 cm³/mol. The van der Waals surface area contributed by atoms with Crippen molar-refractivity contribution in [3.63, 3.8) is 0 Å². The summed E-state index contributed by atoms with van der Waals surface area (Å²) >= 11 is 0. The monoisotopic (exact) mass is 454 g/mol. The lowest BCUT2D eigenvalue weighted by molar-refractivity contribution is 0.00694. The van der Waals surface area contributed by atoms with E-state index in [1.165, 1.54) is 0 Å². The molecule has 2 atom stereocenters. The van der Waals surface area contributed by atoms with Gasteiger partial charge in [0, 0.05) is 25.4 Å². The van der Waals surface area contributed by atoms with Crippen molar-refractivity contribution in [2.75, 3.05) is 24.6 Å². The Morgan fingerprint density at radius 3 is 2.55 bits per heavy atom. The van der Waals surface area contributed by atoms with Crippen LogP contribution in [0.2, 0.25) is 0 Å². The minimum Gasteiger partial charge on any atom is -0.456 e. The number of anilines is 1. The second-order valence-corrected chi connectivity index (χ2v) is 9.09. The van der Waals surface area contributed by atoms with E-state index in [0.717, 1.165) is 11.3 Å². The van der Waals surface area contributed by atoms with E-state index in [0.29, 0.717) is 31.7 Å². The molecule has 0 bridgehead atoms. The number of nitrogens with one attached hydrogen (secondary N) is 1. The average molecular weight is 455 g/mol. The van der Waals surface area contributed by atoms with Gasteiger partial charge in [0.1, 0.15) is 12.2 Å². The maximum atomic E-state index is 12.5. The molecule has 1 heterocycles. The van der Waals surface area contributed by atoms with Gasteiger partial charge in [-0.05, 0) is 57.9 Å². The number of hydrogen-bond donors (Lipinski definition) is 1. The van der Waals surface area contributed by atoms with Gasteiger partial charge < -0.3 is 24.4 Å². The summed E-state index contributed by atoms with van der Waals surface area (Å²) in [4.78, 5) is 27.0. The molecule has 0 unspecified atom stereocenters. The Balaban J connectivity index is 1.60. The van der Waals surface area contributed by atoms with Gasteiger partial charge in [0.05, 0.1) is 17.7 Å². The number of carbonyl (C=O) groups excluding carboxylic acids is 2. The lowest BCUT2D eigenvalue weighted by Gasteiger charge is -2.39. The predicted octanol–water partition coefficient (Wildman–Crippen LogP) is 4.55. The van der Waals surface area contributed by atoms with Gasteiger partial charge in [-0.2, -0.15) is 0 Å². The molecule has 0 radical (unpaired) electrons. The second kappa shape index (κ2) is 11.2. The van der Waals surface area contributed by atoms with E-state index in [-0.39, 0.29) is 24.7 Å². The zero-order valence-electron chi connectivity index (χ0n) is 19.9. The summed E-state index contributed by atoms with van der Waals surface area (Å²) in [5.41, 5.74) is 1.83. The average Bonchev–Trinajstić information content (AvgIpc) is 2.79. The third-order valence-corrected chi connectivity index (χ3v) is 5.30.